The molecule has 24 heavy (non-hydrogen) atoms. The zero-order valence-electron chi connectivity index (χ0n) is 13.9. The number of nitrogens with one attached hydrogen (secondary N) is 3. The standard InChI is InChI=1S/C17H24Cl2N4O/c1-2-20-17(23-11-10-21-16(24)12-6-7-12)22-9-8-13-14(18)4-3-5-15(13)19/h3-5,12H,2,6-11H2,1H3,(H,21,24)(H2,20,22,23). The quantitative estimate of drug-likeness (QED) is 0.374. The monoisotopic (exact) mass is 370 g/mol. The number of guanidine groups is 1. The highest BCUT2D eigenvalue weighted by molar-refractivity contribution is 6.35. The second-order valence-corrected chi connectivity index (χ2v) is 6.52. The molecule has 0 unspecified atom stereocenters. The Labute approximate surface area is 153 Å². The van der Waals surface area contributed by atoms with Gasteiger partial charge in [0.05, 0.1) is 0 Å². The molecule has 0 atom stereocenters. The van der Waals surface area contributed by atoms with E-state index in [1.165, 1.54) is 0 Å². The SMILES string of the molecule is CCNC(=NCCc1c(Cl)cccc1Cl)NCCNC(=O)C1CC1. The summed E-state index contributed by atoms with van der Waals surface area (Å²) in [6, 6.07) is 5.50. The number of hydrogen-bond donors (Lipinski definition) is 3. The number of carbonyl (C=O) groups excluding carboxylic acids is 1. The van der Waals surface area contributed by atoms with Gasteiger partial charge in [0.1, 0.15) is 0 Å². The molecular weight excluding hydrogens is 347 g/mol. The Morgan fingerprint density at radius 3 is 2.46 bits per heavy atom. The van der Waals surface area contributed by atoms with Crippen LogP contribution in [-0.2, 0) is 11.2 Å². The Morgan fingerprint density at radius 2 is 1.83 bits per heavy atom. The summed E-state index contributed by atoms with van der Waals surface area (Å²) in [6.07, 6.45) is 2.72. The van der Waals surface area contributed by atoms with Crippen molar-refractivity contribution in [2.24, 2.45) is 10.9 Å². The molecular formula is C17H24Cl2N4O. The minimum absolute atomic E-state index is 0.159. The first-order valence-electron chi connectivity index (χ1n) is 8.34. The summed E-state index contributed by atoms with van der Waals surface area (Å²) in [4.78, 5) is 16.1. The van der Waals surface area contributed by atoms with Crippen LogP contribution < -0.4 is 16.0 Å². The van der Waals surface area contributed by atoms with Gasteiger partial charge in [-0.1, -0.05) is 29.3 Å². The minimum atomic E-state index is 0.159. The average molecular weight is 371 g/mol. The van der Waals surface area contributed by atoms with Crippen LogP contribution in [0.4, 0.5) is 0 Å². The Bertz CT molecular complexity index is 568. The molecule has 0 radical (unpaired) electrons. The molecule has 0 aromatic heterocycles. The Hall–Kier alpha value is -1.46. The lowest BCUT2D eigenvalue weighted by molar-refractivity contribution is -0.122. The first-order valence-corrected chi connectivity index (χ1v) is 9.10. The molecule has 1 aromatic carbocycles. The van der Waals surface area contributed by atoms with Gasteiger partial charge in [0.15, 0.2) is 5.96 Å². The zero-order valence-corrected chi connectivity index (χ0v) is 15.4. The van der Waals surface area contributed by atoms with Gasteiger partial charge in [0.25, 0.3) is 0 Å². The van der Waals surface area contributed by atoms with E-state index in [1.54, 1.807) is 0 Å². The fourth-order valence-corrected chi connectivity index (χ4v) is 2.84. The third-order valence-corrected chi connectivity index (χ3v) is 4.41. The van der Waals surface area contributed by atoms with Crippen LogP contribution in [0.2, 0.25) is 10.0 Å². The first kappa shape index (κ1) is 18.9. The van der Waals surface area contributed by atoms with E-state index >= 15 is 0 Å². The van der Waals surface area contributed by atoms with E-state index in [9.17, 15) is 4.79 Å². The van der Waals surface area contributed by atoms with Crippen molar-refractivity contribution in [1.82, 2.24) is 16.0 Å². The van der Waals surface area contributed by atoms with Gasteiger partial charge in [-0.05, 0) is 43.9 Å². The van der Waals surface area contributed by atoms with E-state index in [0.29, 0.717) is 36.1 Å². The van der Waals surface area contributed by atoms with E-state index in [0.717, 1.165) is 30.9 Å². The van der Waals surface area contributed by atoms with Crippen molar-refractivity contribution in [3.05, 3.63) is 33.8 Å². The normalized spacial score (nSPS) is 14.4. The number of nitrogens with zero attached hydrogens (tertiary/aromatic N) is 1. The topological polar surface area (TPSA) is 65.5 Å². The molecule has 3 N–H and O–H groups in total. The zero-order chi connectivity index (χ0) is 17.4. The first-order chi connectivity index (χ1) is 11.6. The summed E-state index contributed by atoms with van der Waals surface area (Å²) in [5.41, 5.74) is 0.914. The summed E-state index contributed by atoms with van der Waals surface area (Å²) in [5, 5.41) is 10.6. The third-order valence-electron chi connectivity index (χ3n) is 3.70. The van der Waals surface area contributed by atoms with Crippen LogP contribution in [-0.4, -0.2) is 38.0 Å². The summed E-state index contributed by atoms with van der Waals surface area (Å²) < 4.78 is 0. The third kappa shape index (κ3) is 6.21. The number of benzene rings is 1. The molecule has 1 fully saturated rings. The van der Waals surface area contributed by atoms with Crippen molar-refractivity contribution in [2.75, 3.05) is 26.2 Å². The van der Waals surface area contributed by atoms with Crippen LogP contribution in [0, 0.1) is 5.92 Å². The van der Waals surface area contributed by atoms with E-state index in [2.05, 4.69) is 20.9 Å². The Kier molecular flexibility index (Phi) is 7.66. The predicted octanol–water partition coefficient (Wildman–Crippen LogP) is 2.62. The molecule has 1 saturated carbocycles. The molecule has 1 amide bonds. The van der Waals surface area contributed by atoms with Crippen molar-refractivity contribution in [1.29, 1.82) is 0 Å². The largest absolute Gasteiger partial charge is 0.357 e. The van der Waals surface area contributed by atoms with Gasteiger partial charge in [-0.25, -0.2) is 0 Å². The minimum Gasteiger partial charge on any atom is -0.357 e. The fourth-order valence-electron chi connectivity index (χ4n) is 2.25. The number of hydrogen-bond acceptors (Lipinski definition) is 2. The number of aliphatic imine (C=N–C) groups is 1. The molecule has 0 heterocycles. The van der Waals surface area contributed by atoms with Gasteiger partial charge >= 0.3 is 0 Å². The highest BCUT2D eigenvalue weighted by Gasteiger charge is 2.28. The van der Waals surface area contributed by atoms with E-state index < -0.39 is 0 Å². The second kappa shape index (κ2) is 9.74. The van der Waals surface area contributed by atoms with Gasteiger partial charge in [0.2, 0.25) is 5.91 Å². The highest BCUT2D eigenvalue weighted by Crippen LogP contribution is 2.28. The lowest BCUT2D eigenvalue weighted by Crippen LogP contribution is -2.41. The van der Waals surface area contributed by atoms with Crippen molar-refractivity contribution in [3.63, 3.8) is 0 Å². The molecule has 0 aliphatic heterocycles. The van der Waals surface area contributed by atoms with Crippen LogP contribution in [0.5, 0.6) is 0 Å². The Morgan fingerprint density at radius 1 is 1.17 bits per heavy atom. The number of rotatable bonds is 8. The van der Waals surface area contributed by atoms with Gasteiger partial charge in [0, 0.05) is 42.1 Å². The lowest BCUT2D eigenvalue weighted by atomic mass is 10.1. The highest BCUT2D eigenvalue weighted by atomic mass is 35.5. The smallest absolute Gasteiger partial charge is 0.223 e. The average Bonchev–Trinajstić information content (AvgIpc) is 3.39. The van der Waals surface area contributed by atoms with Gasteiger partial charge in [-0.2, -0.15) is 0 Å². The van der Waals surface area contributed by atoms with Crippen molar-refractivity contribution < 1.29 is 4.79 Å². The maximum atomic E-state index is 11.6. The number of halogens is 2. The number of amides is 1. The molecule has 7 heteroatoms. The lowest BCUT2D eigenvalue weighted by Gasteiger charge is -2.12. The molecule has 0 saturated heterocycles. The van der Waals surface area contributed by atoms with Crippen molar-refractivity contribution in [2.45, 2.75) is 26.2 Å². The number of carbonyl (C=O) groups is 1. The van der Waals surface area contributed by atoms with Crippen LogP contribution in [0.3, 0.4) is 0 Å². The van der Waals surface area contributed by atoms with Crippen LogP contribution in [0.1, 0.15) is 25.3 Å². The van der Waals surface area contributed by atoms with Gasteiger partial charge in [-0.3, -0.25) is 9.79 Å². The van der Waals surface area contributed by atoms with Crippen LogP contribution in [0.15, 0.2) is 23.2 Å². The maximum Gasteiger partial charge on any atom is 0.223 e. The van der Waals surface area contributed by atoms with Gasteiger partial charge < -0.3 is 16.0 Å². The molecule has 1 aliphatic carbocycles. The van der Waals surface area contributed by atoms with Gasteiger partial charge in [-0.15, -0.1) is 0 Å². The van der Waals surface area contributed by atoms with Crippen molar-refractivity contribution in [3.8, 4) is 0 Å². The van der Waals surface area contributed by atoms with E-state index in [1.807, 2.05) is 25.1 Å². The molecule has 2 rings (SSSR count). The molecule has 1 aromatic rings. The Balaban J connectivity index is 1.76. The molecule has 132 valence electrons. The second-order valence-electron chi connectivity index (χ2n) is 5.70. The summed E-state index contributed by atoms with van der Waals surface area (Å²) in [7, 11) is 0. The predicted molar refractivity (Wildman–Crippen MR) is 99.9 cm³/mol. The van der Waals surface area contributed by atoms with E-state index in [-0.39, 0.29) is 11.8 Å². The summed E-state index contributed by atoms with van der Waals surface area (Å²) in [6.45, 7) is 4.59. The maximum absolute atomic E-state index is 11.6. The summed E-state index contributed by atoms with van der Waals surface area (Å²) >= 11 is 12.3. The molecule has 0 spiro atoms. The summed E-state index contributed by atoms with van der Waals surface area (Å²) in [5.74, 6) is 1.13. The van der Waals surface area contributed by atoms with E-state index in [4.69, 9.17) is 23.2 Å². The van der Waals surface area contributed by atoms with Crippen molar-refractivity contribution >= 4 is 35.1 Å². The molecule has 0 bridgehead atoms. The van der Waals surface area contributed by atoms with Crippen LogP contribution >= 0.6 is 23.2 Å². The molecule has 5 nitrogen and oxygen atoms in total. The van der Waals surface area contributed by atoms with Crippen LogP contribution in [0.25, 0.3) is 0 Å². The fraction of sp³-hybridized carbons (Fsp3) is 0.529. The molecule has 1 aliphatic rings.